The molecule has 0 heterocycles. The molecule has 4 aromatic carbocycles. The maximum Gasteiger partial charge on any atom is 0.0436 e. The van der Waals surface area contributed by atoms with Crippen molar-refractivity contribution in [3.05, 3.63) is 90.0 Å². The third kappa shape index (κ3) is 1.82. The fourth-order valence-corrected chi connectivity index (χ4v) is 3.93. The van der Waals surface area contributed by atoms with E-state index in [1.807, 2.05) is 0 Å². The van der Waals surface area contributed by atoms with Crippen LogP contribution in [0.2, 0.25) is 0 Å². The topological polar surface area (TPSA) is 26.0 Å². The van der Waals surface area contributed by atoms with Crippen LogP contribution >= 0.6 is 0 Å². The Morgan fingerprint density at radius 3 is 2.25 bits per heavy atom. The molecule has 1 heteroatoms. The van der Waals surface area contributed by atoms with Crippen LogP contribution in [-0.4, -0.2) is 0 Å². The van der Waals surface area contributed by atoms with Gasteiger partial charge in [-0.05, 0) is 38.6 Å². The Morgan fingerprint density at radius 2 is 1.29 bits per heavy atom. The third-order valence-corrected chi connectivity index (χ3v) is 5.11. The molecule has 24 heavy (non-hydrogen) atoms. The van der Waals surface area contributed by atoms with Crippen molar-refractivity contribution in [3.8, 4) is 22.3 Å². The molecule has 4 aromatic rings. The number of benzene rings is 4. The summed E-state index contributed by atoms with van der Waals surface area (Å²) in [5.41, 5.74) is 15.1. The van der Waals surface area contributed by atoms with Crippen LogP contribution in [0.25, 0.3) is 33.0 Å². The molecule has 0 atom stereocenters. The van der Waals surface area contributed by atoms with Gasteiger partial charge in [0, 0.05) is 17.7 Å². The minimum atomic E-state index is 0.917. The van der Waals surface area contributed by atoms with Gasteiger partial charge in [0.25, 0.3) is 0 Å². The van der Waals surface area contributed by atoms with Gasteiger partial charge >= 0.3 is 0 Å². The highest BCUT2D eigenvalue weighted by molar-refractivity contribution is 6.01. The van der Waals surface area contributed by atoms with Crippen LogP contribution in [0.1, 0.15) is 11.1 Å². The van der Waals surface area contributed by atoms with E-state index >= 15 is 0 Å². The first-order valence-electron chi connectivity index (χ1n) is 8.31. The Morgan fingerprint density at radius 1 is 0.583 bits per heavy atom. The predicted molar refractivity (Wildman–Crippen MR) is 102 cm³/mol. The van der Waals surface area contributed by atoms with Gasteiger partial charge in [-0.25, -0.2) is 0 Å². The molecule has 0 bridgehead atoms. The molecule has 0 amide bonds. The van der Waals surface area contributed by atoms with E-state index in [1.54, 1.807) is 0 Å². The zero-order valence-electron chi connectivity index (χ0n) is 13.3. The second-order valence-electron chi connectivity index (χ2n) is 6.41. The first-order chi connectivity index (χ1) is 11.8. The number of nitrogens with two attached hydrogens (primary N) is 1. The van der Waals surface area contributed by atoms with Gasteiger partial charge in [-0.1, -0.05) is 78.9 Å². The molecule has 5 rings (SSSR count). The summed E-state index contributed by atoms with van der Waals surface area (Å²) in [4.78, 5) is 0. The summed E-state index contributed by atoms with van der Waals surface area (Å²) in [6.45, 7) is 0. The van der Waals surface area contributed by atoms with Crippen LogP contribution in [0.3, 0.4) is 0 Å². The van der Waals surface area contributed by atoms with Gasteiger partial charge in [0.15, 0.2) is 0 Å². The third-order valence-electron chi connectivity index (χ3n) is 5.11. The van der Waals surface area contributed by atoms with Crippen molar-refractivity contribution in [2.24, 2.45) is 0 Å². The minimum absolute atomic E-state index is 0.917. The van der Waals surface area contributed by atoms with Gasteiger partial charge in [-0.3, -0.25) is 0 Å². The van der Waals surface area contributed by atoms with Gasteiger partial charge in [0.1, 0.15) is 0 Å². The highest BCUT2D eigenvalue weighted by Gasteiger charge is 2.22. The van der Waals surface area contributed by atoms with Gasteiger partial charge < -0.3 is 5.73 Å². The van der Waals surface area contributed by atoms with Gasteiger partial charge in [0.05, 0.1) is 0 Å². The number of hydrogen-bond acceptors (Lipinski definition) is 1. The summed E-state index contributed by atoms with van der Waals surface area (Å²) >= 11 is 0. The molecule has 0 aliphatic heterocycles. The highest BCUT2D eigenvalue weighted by atomic mass is 14.6. The van der Waals surface area contributed by atoms with Crippen molar-refractivity contribution >= 4 is 16.5 Å². The Labute approximate surface area is 141 Å². The van der Waals surface area contributed by atoms with Gasteiger partial charge in [-0.2, -0.15) is 0 Å². The van der Waals surface area contributed by atoms with Crippen molar-refractivity contribution < 1.29 is 0 Å². The SMILES string of the molecule is Nc1c(-c2cccc3ccccc23)ccc2c1Cc1ccccc1-2. The quantitative estimate of drug-likeness (QED) is 0.397. The number of anilines is 1. The van der Waals surface area contributed by atoms with Crippen LogP contribution in [0.15, 0.2) is 78.9 Å². The number of rotatable bonds is 1. The lowest BCUT2D eigenvalue weighted by molar-refractivity contribution is 1.27. The molecule has 1 nitrogen and oxygen atoms in total. The normalized spacial score (nSPS) is 12.2. The molecule has 0 saturated carbocycles. The van der Waals surface area contributed by atoms with Crippen molar-refractivity contribution in [2.75, 3.05) is 5.73 Å². The second-order valence-corrected chi connectivity index (χ2v) is 6.41. The molecule has 0 saturated heterocycles. The lowest BCUT2D eigenvalue weighted by atomic mass is 9.93. The average molecular weight is 307 g/mol. The molecule has 1 aliphatic rings. The van der Waals surface area contributed by atoms with Crippen LogP contribution < -0.4 is 5.73 Å². The molecule has 0 radical (unpaired) electrons. The van der Waals surface area contributed by atoms with E-state index in [1.165, 1.54) is 38.6 Å². The standard InChI is InChI=1S/C23H17N/c24-23-21(19-11-5-8-15-6-1-3-9-17(15)19)13-12-20-18-10-4-2-7-16(18)14-22(20)23/h1-13H,14,24H2. The smallest absolute Gasteiger partial charge is 0.0436 e. The monoisotopic (exact) mass is 307 g/mol. The summed E-state index contributed by atoms with van der Waals surface area (Å²) in [5, 5.41) is 2.50. The molecular formula is C23H17N. The Hall–Kier alpha value is -3.06. The Kier molecular flexibility index (Phi) is 2.77. The van der Waals surface area contributed by atoms with Gasteiger partial charge in [0.2, 0.25) is 0 Å². The van der Waals surface area contributed by atoms with Crippen molar-refractivity contribution in [2.45, 2.75) is 6.42 Å². The van der Waals surface area contributed by atoms with E-state index < -0.39 is 0 Å². The summed E-state index contributed by atoms with van der Waals surface area (Å²) in [6, 6.07) is 27.9. The fourth-order valence-electron chi connectivity index (χ4n) is 3.93. The van der Waals surface area contributed by atoms with Crippen molar-refractivity contribution in [3.63, 3.8) is 0 Å². The minimum Gasteiger partial charge on any atom is -0.398 e. The maximum absolute atomic E-state index is 6.64. The summed E-state index contributed by atoms with van der Waals surface area (Å²) in [5.74, 6) is 0. The molecule has 2 N–H and O–H groups in total. The average Bonchev–Trinajstić information content (AvgIpc) is 3.02. The summed E-state index contributed by atoms with van der Waals surface area (Å²) < 4.78 is 0. The molecule has 0 aromatic heterocycles. The first kappa shape index (κ1) is 13.4. The molecule has 0 unspecified atom stereocenters. The highest BCUT2D eigenvalue weighted by Crippen LogP contribution is 2.44. The van der Waals surface area contributed by atoms with E-state index in [0.29, 0.717) is 0 Å². The first-order valence-corrected chi connectivity index (χ1v) is 8.31. The second kappa shape index (κ2) is 4.97. The van der Waals surface area contributed by atoms with Crippen LogP contribution in [0.5, 0.6) is 0 Å². The molecule has 1 aliphatic carbocycles. The van der Waals surface area contributed by atoms with E-state index in [4.69, 9.17) is 5.73 Å². The lowest BCUT2D eigenvalue weighted by Gasteiger charge is -2.13. The van der Waals surface area contributed by atoms with E-state index in [-0.39, 0.29) is 0 Å². The zero-order valence-corrected chi connectivity index (χ0v) is 13.3. The number of fused-ring (bicyclic) bond motifs is 4. The molecular weight excluding hydrogens is 290 g/mol. The molecule has 114 valence electrons. The summed E-state index contributed by atoms with van der Waals surface area (Å²) in [6.07, 6.45) is 0.927. The van der Waals surface area contributed by atoms with Crippen LogP contribution in [0, 0.1) is 0 Å². The zero-order chi connectivity index (χ0) is 16.1. The van der Waals surface area contributed by atoms with E-state index in [9.17, 15) is 0 Å². The van der Waals surface area contributed by atoms with Gasteiger partial charge in [-0.15, -0.1) is 0 Å². The fraction of sp³-hybridized carbons (Fsp3) is 0.0435. The summed E-state index contributed by atoms with van der Waals surface area (Å²) in [7, 11) is 0. The maximum atomic E-state index is 6.64. The van der Waals surface area contributed by atoms with Crippen LogP contribution in [0.4, 0.5) is 5.69 Å². The Bertz CT molecular complexity index is 1090. The molecule has 0 fully saturated rings. The number of nitrogen functional groups attached to an aromatic ring is 1. The molecule has 0 spiro atoms. The Balaban J connectivity index is 1.76. The van der Waals surface area contributed by atoms with Crippen LogP contribution in [-0.2, 0) is 6.42 Å². The largest absolute Gasteiger partial charge is 0.398 e. The number of hydrogen-bond donors (Lipinski definition) is 1. The predicted octanol–water partition coefficient (Wildman–Crippen LogP) is 5.66. The van der Waals surface area contributed by atoms with E-state index in [2.05, 4.69) is 78.9 Å². The van der Waals surface area contributed by atoms with E-state index in [0.717, 1.165) is 17.7 Å². The lowest BCUT2D eigenvalue weighted by Crippen LogP contribution is -1.97. The van der Waals surface area contributed by atoms with Crippen molar-refractivity contribution in [1.29, 1.82) is 0 Å². The van der Waals surface area contributed by atoms with Crippen molar-refractivity contribution in [1.82, 2.24) is 0 Å².